The van der Waals surface area contributed by atoms with Crippen LogP contribution in [0.1, 0.15) is 16.7 Å². The van der Waals surface area contributed by atoms with Crippen molar-refractivity contribution < 1.29 is 14.3 Å². The number of amides is 1. The molecule has 0 bridgehead atoms. The Hall–Kier alpha value is -2.24. The van der Waals surface area contributed by atoms with Gasteiger partial charge in [-0.3, -0.25) is 5.32 Å². The van der Waals surface area contributed by atoms with Gasteiger partial charge in [-0.1, -0.05) is 29.8 Å². The predicted octanol–water partition coefficient (Wildman–Crippen LogP) is 4.54. The van der Waals surface area contributed by atoms with Crippen molar-refractivity contribution in [2.24, 2.45) is 0 Å². The molecule has 1 aliphatic rings. The molecule has 0 aliphatic carbocycles. The Labute approximate surface area is 158 Å². The summed E-state index contributed by atoms with van der Waals surface area (Å²) in [7, 11) is 0. The summed E-state index contributed by atoms with van der Waals surface area (Å²) < 4.78 is 10.7. The fourth-order valence-electron chi connectivity index (χ4n) is 3.04. The number of nitrogens with one attached hydrogen (secondary N) is 1. The van der Waals surface area contributed by atoms with Crippen LogP contribution in [0.2, 0.25) is 5.02 Å². The lowest BCUT2D eigenvalue weighted by molar-refractivity contribution is 0.122. The Morgan fingerprint density at radius 3 is 2.50 bits per heavy atom. The van der Waals surface area contributed by atoms with E-state index in [1.807, 2.05) is 32.0 Å². The summed E-state index contributed by atoms with van der Waals surface area (Å²) in [5, 5.41) is 3.44. The van der Waals surface area contributed by atoms with Gasteiger partial charge in [-0.25, -0.2) is 4.79 Å². The van der Waals surface area contributed by atoms with Gasteiger partial charge in [0.15, 0.2) is 0 Å². The van der Waals surface area contributed by atoms with Crippen LogP contribution in [0.3, 0.4) is 0 Å². The molecule has 1 N–H and O–H groups in total. The summed E-state index contributed by atoms with van der Waals surface area (Å²) in [6.07, 6.45) is -0.491. The smallest absolute Gasteiger partial charge is 0.411 e. The maximum atomic E-state index is 12.2. The standard InChI is InChI=1S/C20H23ClN2O3/c1-14-11-17(23-7-9-25-10-8-23)12-15(2)19(14)22-20(24)26-13-16-5-3-4-6-18(16)21/h3-6,11-12H,7-10,13H2,1-2H3,(H,22,24). The summed E-state index contributed by atoms with van der Waals surface area (Å²) in [4.78, 5) is 14.5. The molecule has 0 radical (unpaired) electrons. The maximum Gasteiger partial charge on any atom is 0.411 e. The quantitative estimate of drug-likeness (QED) is 0.853. The Morgan fingerprint density at radius 2 is 1.85 bits per heavy atom. The molecule has 0 saturated carbocycles. The zero-order chi connectivity index (χ0) is 18.5. The Bertz CT molecular complexity index is 765. The third-order valence-corrected chi connectivity index (χ3v) is 4.81. The number of benzene rings is 2. The number of halogens is 1. The molecule has 2 aromatic rings. The molecule has 0 aromatic heterocycles. The monoisotopic (exact) mass is 374 g/mol. The number of morpholine rings is 1. The van der Waals surface area contributed by atoms with E-state index in [0.717, 1.165) is 54.4 Å². The second-order valence-corrected chi connectivity index (χ2v) is 6.75. The van der Waals surface area contributed by atoms with Crippen LogP contribution in [0, 0.1) is 13.8 Å². The van der Waals surface area contributed by atoms with Gasteiger partial charge in [0, 0.05) is 35.1 Å². The van der Waals surface area contributed by atoms with Crippen LogP contribution in [-0.4, -0.2) is 32.4 Å². The first-order valence-corrected chi connectivity index (χ1v) is 9.03. The van der Waals surface area contributed by atoms with Gasteiger partial charge in [0.2, 0.25) is 0 Å². The minimum absolute atomic E-state index is 0.134. The van der Waals surface area contributed by atoms with Crippen molar-refractivity contribution in [3.63, 3.8) is 0 Å². The first-order chi connectivity index (χ1) is 12.5. The van der Waals surface area contributed by atoms with Gasteiger partial charge in [0.05, 0.1) is 13.2 Å². The molecule has 1 heterocycles. The van der Waals surface area contributed by atoms with Crippen LogP contribution < -0.4 is 10.2 Å². The third-order valence-electron chi connectivity index (χ3n) is 4.44. The van der Waals surface area contributed by atoms with E-state index in [0.29, 0.717) is 5.02 Å². The average molecular weight is 375 g/mol. The second-order valence-electron chi connectivity index (χ2n) is 6.35. The highest BCUT2D eigenvalue weighted by atomic mass is 35.5. The van der Waals surface area contributed by atoms with Gasteiger partial charge in [-0.2, -0.15) is 0 Å². The third kappa shape index (κ3) is 4.48. The van der Waals surface area contributed by atoms with Crippen molar-refractivity contribution in [1.29, 1.82) is 0 Å². The zero-order valence-electron chi connectivity index (χ0n) is 15.0. The largest absolute Gasteiger partial charge is 0.444 e. The zero-order valence-corrected chi connectivity index (χ0v) is 15.8. The maximum absolute atomic E-state index is 12.2. The van der Waals surface area contributed by atoms with Gasteiger partial charge >= 0.3 is 6.09 Å². The number of carbonyl (C=O) groups is 1. The molecule has 5 nitrogen and oxygen atoms in total. The summed E-state index contributed by atoms with van der Waals surface area (Å²) >= 11 is 6.08. The molecule has 0 unspecified atom stereocenters. The average Bonchev–Trinajstić information content (AvgIpc) is 2.64. The minimum atomic E-state index is -0.491. The first-order valence-electron chi connectivity index (χ1n) is 8.65. The van der Waals surface area contributed by atoms with E-state index in [1.165, 1.54) is 0 Å². The Balaban J connectivity index is 1.65. The molecule has 6 heteroatoms. The fourth-order valence-corrected chi connectivity index (χ4v) is 3.23. The minimum Gasteiger partial charge on any atom is -0.444 e. The first kappa shape index (κ1) is 18.5. The molecule has 3 rings (SSSR count). The van der Waals surface area contributed by atoms with E-state index >= 15 is 0 Å². The molecule has 1 aliphatic heterocycles. The predicted molar refractivity (Wildman–Crippen MR) is 104 cm³/mol. The van der Waals surface area contributed by atoms with E-state index in [2.05, 4.69) is 22.3 Å². The van der Waals surface area contributed by atoms with Crippen LogP contribution in [0.4, 0.5) is 16.2 Å². The summed E-state index contributed by atoms with van der Waals surface area (Å²) in [5.74, 6) is 0. The summed E-state index contributed by atoms with van der Waals surface area (Å²) in [6, 6.07) is 11.5. The number of ether oxygens (including phenoxy) is 2. The molecule has 1 amide bonds. The molecular weight excluding hydrogens is 352 g/mol. The molecule has 1 saturated heterocycles. The second kappa shape index (κ2) is 8.43. The molecule has 0 atom stereocenters. The molecule has 0 spiro atoms. The number of hydrogen-bond acceptors (Lipinski definition) is 4. The van der Waals surface area contributed by atoms with Gasteiger partial charge in [-0.15, -0.1) is 0 Å². The lowest BCUT2D eigenvalue weighted by atomic mass is 10.1. The molecular formula is C20H23ClN2O3. The van der Waals surface area contributed by atoms with Crippen LogP contribution >= 0.6 is 11.6 Å². The van der Waals surface area contributed by atoms with Crippen LogP contribution in [0.15, 0.2) is 36.4 Å². The number of hydrogen-bond donors (Lipinski definition) is 1. The number of aryl methyl sites for hydroxylation is 2. The molecule has 138 valence electrons. The van der Waals surface area contributed by atoms with Crippen LogP contribution in [0.5, 0.6) is 0 Å². The van der Waals surface area contributed by atoms with Crippen molar-refractivity contribution in [1.82, 2.24) is 0 Å². The van der Waals surface area contributed by atoms with E-state index in [-0.39, 0.29) is 6.61 Å². The van der Waals surface area contributed by atoms with Crippen LogP contribution in [0.25, 0.3) is 0 Å². The van der Waals surface area contributed by atoms with Gasteiger partial charge in [0.1, 0.15) is 6.61 Å². The highest BCUT2D eigenvalue weighted by molar-refractivity contribution is 6.31. The van der Waals surface area contributed by atoms with E-state index < -0.39 is 6.09 Å². The van der Waals surface area contributed by atoms with Crippen LogP contribution in [-0.2, 0) is 16.1 Å². The number of anilines is 2. The fraction of sp³-hybridized carbons (Fsp3) is 0.350. The number of rotatable bonds is 4. The van der Waals surface area contributed by atoms with E-state index in [4.69, 9.17) is 21.1 Å². The summed E-state index contributed by atoms with van der Waals surface area (Å²) in [6.45, 7) is 7.35. The van der Waals surface area contributed by atoms with Gasteiger partial charge in [0.25, 0.3) is 0 Å². The normalized spacial score (nSPS) is 14.2. The van der Waals surface area contributed by atoms with Crippen molar-refractivity contribution >= 4 is 29.1 Å². The van der Waals surface area contributed by atoms with E-state index in [1.54, 1.807) is 6.07 Å². The summed E-state index contributed by atoms with van der Waals surface area (Å²) in [5.41, 5.74) is 4.72. The van der Waals surface area contributed by atoms with Gasteiger partial charge < -0.3 is 14.4 Å². The highest BCUT2D eigenvalue weighted by Gasteiger charge is 2.15. The van der Waals surface area contributed by atoms with Crippen molar-refractivity contribution in [3.8, 4) is 0 Å². The molecule has 2 aromatic carbocycles. The SMILES string of the molecule is Cc1cc(N2CCOCC2)cc(C)c1NC(=O)OCc1ccccc1Cl. The number of carbonyl (C=O) groups excluding carboxylic acids is 1. The van der Waals surface area contributed by atoms with Crippen molar-refractivity contribution in [2.45, 2.75) is 20.5 Å². The van der Waals surface area contributed by atoms with Gasteiger partial charge in [-0.05, 0) is 43.2 Å². The highest BCUT2D eigenvalue weighted by Crippen LogP contribution is 2.28. The molecule has 1 fully saturated rings. The van der Waals surface area contributed by atoms with E-state index in [9.17, 15) is 4.79 Å². The Morgan fingerprint density at radius 1 is 1.19 bits per heavy atom. The van der Waals surface area contributed by atoms with Crippen molar-refractivity contribution in [3.05, 3.63) is 58.1 Å². The lowest BCUT2D eigenvalue weighted by Gasteiger charge is -2.30. The Kier molecular flexibility index (Phi) is 6.01. The van der Waals surface area contributed by atoms with Crippen molar-refractivity contribution in [2.75, 3.05) is 36.5 Å². The topological polar surface area (TPSA) is 50.8 Å². The molecule has 26 heavy (non-hydrogen) atoms. The number of nitrogens with zero attached hydrogens (tertiary/aromatic N) is 1. The lowest BCUT2D eigenvalue weighted by Crippen LogP contribution is -2.36.